The number of fused-ring (bicyclic) bond motifs is 1. The molecule has 5 rings (SSSR count). The fourth-order valence-electron chi connectivity index (χ4n) is 3.62. The van der Waals surface area contributed by atoms with Gasteiger partial charge in [0.1, 0.15) is 5.37 Å². The van der Waals surface area contributed by atoms with Crippen molar-refractivity contribution >= 4 is 40.1 Å². The van der Waals surface area contributed by atoms with Gasteiger partial charge in [-0.25, -0.2) is 9.97 Å². The Hall–Kier alpha value is -3.78. The van der Waals surface area contributed by atoms with Gasteiger partial charge in [0, 0.05) is 35.0 Å². The lowest BCUT2D eigenvalue weighted by Gasteiger charge is -2.24. The van der Waals surface area contributed by atoms with Crippen LogP contribution in [0.4, 0.5) is 11.4 Å². The van der Waals surface area contributed by atoms with E-state index < -0.39 is 4.92 Å². The summed E-state index contributed by atoms with van der Waals surface area (Å²) in [5.41, 5.74) is 4.10. The number of aromatic nitrogens is 2. The zero-order chi connectivity index (χ0) is 21.4. The number of carbonyl (C=O) groups excluding carboxylic acids is 1. The molecular weight excluding hydrogens is 412 g/mol. The van der Waals surface area contributed by atoms with Crippen LogP contribution in [0.5, 0.6) is 0 Å². The van der Waals surface area contributed by atoms with Crippen molar-refractivity contribution in [2.24, 2.45) is 0 Å². The first kappa shape index (κ1) is 19.2. The summed E-state index contributed by atoms with van der Waals surface area (Å²) < 4.78 is 0. The number of benzene rings is 2. The van der Waals surface area contributed by atoms with E-state index in [1.165, 1.54) is 23.9 Å². The minimum Gasteiger partial charge on any atom is -0.295 e. The van der Waals surface area contributed by atoms with Gasteiger partial charge in [0.25, 0.3) is 5.69 Å². The van der Waals surface area contributed by atoms with Crippen LogP contribution in [0.3, 0.4) is 0 Å². The third-order valence-electron chi connectivity index (χ3n) is 5.16. The number of hydrogen-bond donors (Lipinski definition) is 0. The van der Waals surface area contributed by atoms with Gasteiger partial charge in [0.05, 0.1) is 16.4 Å². The number of rotatable bonds is 4. The van der Waals surface area contributed by atoms with Crippen molar-refractivity contribution in [3.63, 3.8) is 0 Å². The second-order valence-electron chi connectivity index (χ2n) is 7.07. The number of nitro benzene ring substituents is 1. The Morgan fingerprint density at radius 2 is 1.77 bits per heavy atom. The highest BCUT2D eigenvalue weighted by Gasteiger charge is 2.34. The van der Waals surface area contributed by atoms with Crippen LogP contribution in [0.1, 0.15) is 10.9 Å². The van der Waals surface area contributed by atoms with Crippen molar-refractivity contribution in [3.8, 4) is 11.3 Å². The Kier molecular flexibility index (Phi) is 4.83. The average molecular weight is 428 g/mol. The van der Waals surface area contributed by atoms with Crippen LogP contribution in [-0.2, 0) is 4.79 Å². The molecule has 1 aliphatic rings. The first-order valence-electron chi connectivity index (χ1n) is 9.60. The average Bonchev–Trinajstić information content (AvgIpc) is 3.20. The molecule has 4 aromatic rings. The summed E-state index contributed by atoms with van der Waals surface area (Å²) in [6.45, 7) is 0. The number of thioether (sulfide) groups is 1. The highest BCUT2D eigenvalue weighted by molar-refractivity contribution is 8.00. The van der Waals surface area contributed by atoms with Crippen LogP contribution in [0.25, 0.3) is 22.3 Å². The number of amides is 1. The molecule has 8 heteroatoms. The molecule has 0 radical (unpaired) electrons. The SMILES string of the molecule is O=C1CSC(c2ccc([N+](=O)[O-])cc2)N1c1ccc(-c2ccc3cccnc3n2)cc1. The van der Waals surface area contributed by atoms with E-state index in [0.29, 0.717) is 11.4 Å². The first-order chi connectivity index (χ1) is 15.1. The molecule has 1 aliphatic heterocycles. The fraction of sp³-hybridized carbons (Fsp3) is 0.0870. The topological polar surface area (TPSA) is 89.2 Å². The van der Waals surface area contributed by atoms with Gasteiger partial charge in [-0.05, 0) is 54.1 Å². The number of carbonyl (C=O) groups is 1. The highest BCUT2D eigenvalue weighted by atomic mass is 32.2. The normalized spacial score (nSPS) is 16.1. The molecule has 31 heavy (non-hydrogen) atoms. The third kappa shape index (κ3) is 3.62. The molecule has 0 bridgehead atoms. The van der Waals surface area contributed by atoms with Gasteiger partial charge in [-0.15, -0.1) is 11.8 Å². The number of anilines is 1. The molecule has 1 saturated heterocycles. The minimum absolute atomic E-state index is 0.00846. The highest BCUT2D eigenvalue weighted by Crippen LogP contribution is 2.42. The second-order valence-corrected chi connectivity index (χ2v) is 8.14. The number of nitro groups is 1. The molecule has 2 aromatic heterocycles. The van der Waals surface area contributed by atoms with E-state index in [-0.39, 0.29) is 17.0 Å². The zero-order valence-electron chi connectivity index (χ0n) is 16.2. The Balaban J connectivity index is 1.44. The maximum absolute atomic E-state index is 12.6. The summed E-state index contributed by atoms with van der Waals surface area (Å²) in [6, 6.07) is 21.8. The quantitative estimate of drug-likeness (QED) is 0.336. The number of nitrogens with zero attached hydrogens (tertiary/aromatic N) is 4. The number of hydrogen-bond acceptors (Lipinski definition) is 6. The molecule has 1 atom stereocenters. The van der Waals surface area contributed by atoms with Crippen LogP contribution < -0.4 is 4.90 Å². The van der Waals surface area contributed by atoms with Crippen LogP contribution in [0.2, 0.25) is 0 Å². The molecular formula is C23H16N4O3S. The predicted octanol–water partition coefficient (Wildman–Crippen LogP) is 4.98. The standard InChI is InChI=1S/C23H16N4O3S/c28-21-14-31-23(17-5-10-19(11-6-17)27(29)30)26(21)18-8-3-15(4-9-18)20-12-7-16-2-1-13-24-22(16)25-20/h1-13,23H,14H2. The molecule has 0 aliphatic carbocycles. The molecule has 0 N–H and O–H groups in total. The van der Waals surface area contributed by atoms with E-state index >= 15 is 0 Å². The molecule has 1 fully saturated rings. The van der Waals surface area contributed by atoms with Crippen molar-refractivity contribution in [2.75, 3.05) is 10.7 Å². The molecule has 7 nitrogen and oxygen atoms in total. The number of non-ortho nitro benzene ring substituents is 1. The van der Waals surface area contributed by atoms with Crippen molar-refractivity contribution in [2.45, 2.75) is 5.37 Å². The summed E-state index contributed by atoms with van der Waals surface area (Å²) in [7, 11) is 0. The van der Waals surface area contributed by atoms with Crippen LogP contribution in [0, 0.1) is 10.1 Å². The van der Waals surface area contributed by atoms with E-state index in [1.807, 2.05) is 48.5 Å². The monoisotopic (exact) mass is 428 g/mol. The Labute approximate surface area is 181 Å². The van der Waals surface area contributed by atoms with Crippen molar-refractivity contribution in [1.29, 1.82) is 0 Å². The molecule has 0 saturated carbocycles. The van der Waals surface area contributed by atoms with Crippen molar-refractivity contribution in [1.82, 2.24) is 9.97 Å². The van der Waals surface area contributed by atoms with E-state index in [4.69, 9.17) is 0 Å². The van der Waals surface area contributed by atoms with Crippen molar-refractivity contribution in [3.05, 3.63) is 94.7 Å². The van der Waals surface area contributed by atoms with Gasteiger partial charge >= 0.3 is 0 Å². The summed E-state index contributed by atoms with van der Waals surface area (Å²) in [5, 5.41) is 11.7. The summed E-state index contributed by atoms with van der Waals surface area (Å²) in [6.07, 6.45) is 1.72. The summed E-state index contributed by atoms with van der Waals surface area (Å²) in [5.74, 6) is 0.371. The Bertz CT molecular complexity index is 1290. The maximum Gasteiger partial charge on any atom is 0.269 e. The molecule has 2 aromatic carbocycles. The molecule has 152 valence electrons. The fourth-order valence-corrected chi connectivity index (χ4v) is 4.79. The molecule has 0 spiro atoms. The second kappa shape index (κ2) is 7.81. The van der Waals surface area contributed by atoms with Crippen LogP contribution >= 0.6 is 11.8 Å². The Morgan fingerprint density at radius 1 is 1.00 bits per heavy atom. The van der Waals surface area contributed by atoms with Crippen molar-refractivity contribution < 1.29 is 9.72 Å². The van der Waals surface area contributed by atoms with Crippen LogP contribution in [-0.4, -0.2) is 26.6 Å². The third-order valence-corrected chi connectivity index (χ3v) is 6.37. The maximum atomic E-state index is 12.6. The van der Waals surface area contributed by atoms with Gasteiger partial charge in [-0.3, -0.25) is 19.8 Å². The zero-order valence-corrected chi connectivity index (χ0v) is 17.0. The van der Waals surface area contributed by atoms with Gasteiger partial charge in [0.2, 0.25) is 5.91 Å². The lowest BCUT2D eigenvalue weighted by atomic mass is 10.1. The predicted molar refractivity (Wildman–Crippen MR) is 121 cm³/mol. The molecule has 1 unspecified atom stereocenters. The van der Waals surface area contributed by atoms with E-state index in [2.05, 4.69) is 9.97 Å². The lowest BCUT2D eigenvalue weighted by Crippen LogP contribution is -2.27. The van der Waals surface area contributed by atoms with Gasteiger partial charge in [-0.2, -0.15) is 0 Å². The summed E-state index contributed by atoms with van der Waals surface area (Å²) >= 11 is 1.51. The van der Waals surface area contributed by atoms with E-state index in [9.17, 15) is 14.9 Å². The molecule has 3 heterocycles. The van der Waals surface area contributed by atoms with Gasteiger partial charge in [-0.1, -0.05) is 12.1 Å². The van der Waals surface area contributed by atoms with Crippen LogP contribution in [0.15, 0.2) is 79.0 Å². The van der Waals surface area contributed by atoms with Gasteiger partial charge < -0.3 is 0 Å². The van der Waals surface area contributed by atoms with Gasteiger partial charge in [0.15, 0.2) is 5.65 Å². The smallest absolute Gasteiger partial charge is 0.269 e. The largest absolute Gasteiger partial charge is 0.295 e. The summed E-state index contributed by atoms with van der Waals surface area (Å²) in [4.78, 5) is 33.8. The molecule has 1 amide bonds. The first-order valence-corrected chi connectivity index (χ1v) is 10.7. The van der Waals surface area contributed by atoms with E-state index in [1.54, 1.807) is 23.2 Å². The van der Waals surface area contributed by atoms with E-state index in [0.717, 1.165) is 27.9 Å². The number of pyridine rings is 2. The minimum atomic E-state index is -0.427. The Morgan fingerprint density at radius 3 is 2.52 bits per heavy atom. The lowest BCUT2D eigenvalue weighted by molar-refractivity contribution is -0.384.